The number of amides is 2. The maximum Gasteiger partial charge on any atom is 0.339 e. The summed E-state index contributed by atoms with van der Waals surface area (Å²) in [7, 11) is 1.23. The zero-order valence-electron chi connectivity index (χ0n) is 27.6. The van der Waals surface area contributed by atoms with Gasteiger partial charge in [-0.3, -0.25) is 14.4 Å². The Labute approximate surface area is 269 Å². The Kier molecular flexibility index (Phi) is 20.5. The van der Waals surface area contributed by atoms with Crippen molar-refractivity contribution in [1.82, 2.24) is 5.32 Å². The van der Waals surface area contributed by atoms with E-state index in [0.717, 1.165) is 51.4 Å². The van der Waals surface area contributed by atoms with Crippen LogP contribution < -0.4 is 15.8 Å². The monoisotopic (exact) mass is 632 g/mol. The molecule has 0 aromatic heterocycles. The van der Waals surface area contributed by atoms with E-state index in [9.17, 15) is 29.4 Å². The molecule has 3 atom stereocenters. The molecule has 1 aromatic rings. The molecule has 10 nitrogen and oxygen atoms in total. The zero-order valence-corrected chi connectivity index (χ0v) is 27.6. The van der Waals surface area contributed by atoms with E-state index in [1.54, 1.807) is 30.3 Å². The summed E-state index contributed by atoms with van der Waals surface area (Å²) in [6.07, 6.45) is 15.9. The number of hydrogen-bond acceptors (Lipinski definition) is 7. The number of nitrogens with two attached hydrogens (primary N) is 1. The SMILES string of the molecule is CCCCCCCC(=O)CCCCCCC=C[C@H](C(=O)N[C@@H](Cc1ccc(OCCCC)cc1)C(N)=O)[C@@](O)(COC)C(=O)O. The van der Waals surface area contributed by atoms with Crippen LogP contribution in [0.1, 0.15) is 109 Å². The predicted octanol–water partition coefficient (Wildman–Crippen LogP) is 5.28. The summed E-state index contributed by atoms with van der Waals surface area (Å²) < 4.78 is 10.6. The molecule has 2 amide bonds. The van der Waals surface area contributed by atoms with Crippen LogP contribution in [-0.4, -0.2) is 65.7 Å². The minimum atomic E-state index is -2.56. The van der Waals surface area contributed by atoms with Gasteiger partial charge in [0, 0.05) is 26.4 Å². The van der Waals surface area contributed by atoms with Crippen molar-refractivity contribution in [1.29, 1.82) is 0 Å². The highest BCUT2D eigenvalue weighted by Gasteiger charge is 2.47. The maximum atomic E-state index is 13.4. The summed E-state index contributed by atoms with van der Waals surface area (Å²) in [6, 6.07) is 5.94. The molecule has 0 fully saturated rings. The van der Waals surface area contributed by atoms with Gasteiger partial charge in [0.1, 0.15) is 17.6 Å². The van der Waals surface area contributed by atoms with Crippen LogP contribution in [0, 0.1) is 5.92 Å². The van der Waals surface area contributed by atoms with Crippen molar-refractivity contribution < 1.29 is 38.9 Å². The number of Topliss-reactive ketones (excluding diaryl/α,β-unsaturated/α-hetero) is 1. The Morgan fingerprint density at radius 1 is 0.911 bits per heavy atom. The van der Waals surface area contributed by atoms with Gasteiger partial charge in [-0.15, -0.1) is 0 Å². The molecular weight excluding hydrogens is 576 g/mol. The highest BCUT2D eigenvalue weighted by Crippen LogP contribution is 2.23. The van der Waals surface area contributed by atoms with E-state index in [1.165, 1.54) is 32.4 Å². The van der Waals surface area contributed by atoms with Gasteiger partial charge in [-0.25, -0.2) is 4.79 Å². The van der Waals surface area contributed by atoms with E-state index in [2.05, 4.69) is 19.2 Å². The Hall–Kier alpha value is -3.24. The number of aliphatic carboxylic acids is 1. The lowest BCUT2D eigenvalue weighted by molar-refractivity contribution is -0.173. The van der Waals surface area contributed by atoms with E-state index in [1.807, 2.05) is 0 Å². The number of unbranched alkanes of at least 4 members (excludes halogenated alkanes) is 9. The number of nitrogens with one attached hydrogen (secondary N) is 1. The number of benzene rings is 1. The predicted molar refractivity (Wildman–Crippen MR) is 175 cm³/mol. The summed E-state index contributed by atoms with van der Waals surface area (Å²) in [5.74, 6) is -3.82. The van der Waals surface area contributed by atoms with Gasteiger partial charge in [-0.2, -0.15) is 0 Å². The van der Waals surface area contributed by atoms with Crippen LogP contribution in [-0.2, 0) is 30.3 Å². The minimum Gasteiger partial charge on any atom is -0.494 e. The summed E-state index contributed by atoms with van der Waals surface area (Å²) in [5.41, 5.74) is 3.74. The number of rotatable bonds is 27. The van der Waals surface area contributed by atoms with Crippen molar-refractivity contribution in [3.63, 3.8) is 0 Å². The molecule has 0 saturated carbocycles. The van der Waals surface area contributed by atoms with Crippen LogP contribution in [0.4, 0.5) is 0 Å². The van der Waals surface area contributed by atoms with Gasteiger partial charge in [-0.05, 0) is 49.8 Å². The Bertz CT molecular complexity index is 1040. The fourth-order valence-electron chi connectivity index (χ4n) is 4.97. The first-order chi connectivity index (χ1) is 21.6. The van der Waals surface area contributed by atoms with Crippen molar-refractivity contribution >= 4 is 23.6 Å². The van der Waals surface area contributed by atoms with Gasteiger partial charge in [0.15, 0.2) is 5.60 Å². The molecular formula is C35H56N2O8. The molecule has 10 heteroatoms. The second-order valence-corrected chi connectivity index (χ2v) is 11.7. The van der Waals surface area contributed by atoms with Gasteiger partial charge in [-0.1, -0.05) is 83.1 Å². The molecule has 1 rings (SSSR count). The third-order valence-electron chi connectivity index (χ3n) is 7.79. The highest BCUT2D eigenvalue weighted by atomic mass is 16.5. The van der Waals surface area contributed by atoms with E-state index in [-0.39, 0.29) is 6.42 Å². The minimum absolute atomic E-state index is 0.0733. The summed E-state index contributed by atoms with van der Waals surface area (Å²) in [5, 5.41) is 23.4. The van der Waals surface area contributed by atoms with E-state index < -0.39 is 42.0 Å². The van der Waals surface area contributed by atoms with Gasteiger partial charge in [0.05, 0.1) is 19.1 Å². The fraction of sp³-hybridized carbons (Fsp3) is 0.657. The lowest BCUT2D eigenvalue weighted by atomic mass is 9.86. The van der Waals surface area contributed by atoms with Crippen LogP contribution in [0.3, 0.4) is 0 Å². The Morgan fingerprint density at radius 2 is 1.51 bits per heavy atom. The molecule has 45 heavy (non-hydrogen) atoms. The number of aliphatic hydroxyl groups is 1. The Balaban J connectivity index is 2.75. The quantitative estimate of drug-likeness (QED) is 0.0751. The molecule has 0 aliphatic heterocycles. The number of hydrogen-bond donors (Lipinski definition) is 4. The number of methoxy groups -OCH3 is 1. The normalized spacial score (nSPS) is 14.0. The molecule has 0 bridgehead atoms. The number of ether oxygens (including phenoxy) is 2. The van der Waals surface area contributed by atoms with Crippen LogP contribution in [0.5, 0.6) is 5.75 Å². The summed E-state index contributed by atoms with van der Waals surface area (Å²) in [6.45, 7) is 4.20. The smallest absolute Gasteiger partial charge is 0.339 e. The maximum absolute atomic E-state index is 13.4. The topological polar surface area (TPSA) is 165 Å². The average Bonchev–Trinajstić information content (AvgIpc) is 3.00. The molecule has 1 aromatic carbocycles. The summed E-state index contributed by atoms with van der Waals surface area (Å²) >= 11 is 0. The third-order valence-corrected chi connectivity index (χ3v) is 7.79. The van der Waals surface area contributed by atoms with Gasteiger partial charge in [0.2, 0.25) is 11.8 Å². The molecule has 0 heterocycles. The molecule has 5 N–H and O–H groups in total. The van der Waals surface area contributed by atoms with Crippen molar-refractivity contribution in [2.75, 3.05) is 20.3 Å². The second kappa shape index (κ2) is 23.1. The molecule has 0 unspecified atom stereocenters. The van der Waals surface area contributed by atoms with Crippen LogP contribution in [0.2, 0.25) is 0 Å². The molecule has 0 aliphatic carbocycles. The van der Waals surface area contributed by atoms with Crippen LogP contribution in [0.15, 0.2) is 36.4 Å². The van der Waals surface area contributed by atoms with Crippen molar-refractivity contribution in [3.8, 4) is 5.75 Å². The first kappa shape index (κ1) is 39.8. The van der Waals surface area contributed by atoms with E-state index >= 15 is 0 Å². The summed E-state index contributed by atoms with van der Waals surface area (Å²) in [4.78, 5) is 49.8. The number of primary amides is 1. The second-order valence-electron chi connectivity index (χ2n) is 11.7. The fourth-order valence-corrected chi connectivity index (χ4v) is 4.97. The lowest BCUT2D eigenvalue weighted by Crippen LogP contribution is -2.57. The van der Waals surface area contributed by atoms with Gasteiger partial charge < -0.3 is 30.7 Å². The zero-order chi connectivity index (χ0) is 33.5. The van der Waals surface area contributed by atoms with Crippen molar-refractivity contribution in [3.05, 3.63) is 42.0 Å². The van der Waals surface area contributed by atoms with E-state index in [4.69, 9.17) is 15.2 Å². The van der Waals surface area contributed by atoms with Crippen LogP contribution in [0.25, 0.3) is 0 Å². The molecule has 0 spiro atoms. The number of carbonyl (C=O) groups excluding carboxylic acids is 3. The number of carboxylic acids is 1. The number of allylic oxidation sites excluding steroid dienone is 1. The molecule has 0 saturated heterocycles. The van der Waals surface area contributed by atoms with Crippen molar-refractivity contribution in [2.24, 2.45) is 11.7 Å². The molecule has 0 aliphatic rings. The first-order valence-corrected chi connectivity index (χ1v) is 16.5. The number of carboxylic acid groups (broad SMARTS) is 1. The lowest BCUT2D eigenvalue weighted by Gasteiger charge is -2.30. The van der Waals surface area contributed by atoms with Gasteiger partial charge >= 0.3 is 5.97 Å². The van der Waals surface area contributed by atoms with Crippen LogP contribution >= 0.6 is 0 Å². The number of carbonyl (C=O) groups is 4. The highest BCUT2D eigenvalue weighted by molar-refractivity contribution is 5.93. The van der Waals surface area contributed by atoms with E-state index in [0.29, 0.717) is 43.0 Å². The average molecular weight is 633 g/mol. The molecule has 254 valence electrons. The third kappa shape index (κ3) is 16.1. The first-order valence-electron chi connectivity index (χ1n) is 16.5. The number of ketones is 1. The van der Waals surface area contributed by atoms with Gasteiger partial charge in [0.25, 0.3) is 0 Å². The largest absolute Gasteiger partial charge is 0.494 e. The molecule has 0 radical (unpaired) electrons. The van der Waals surface area contributed by atoms with Crippen molar-refractivity contribution in [2.45, 2.75) is 122 Å². The standard InChI is InChI=1S/C35H56N2O8/c1-4-6-8-11-14-17-28(38)18-15-12-9-10-13-16-19-30(35(43,26-44-3)34(41)42)33(40)37-31(32(36)39)25-27-20-22-29(23-21-27)45-24-7-5-2/h16,19-23,30-31,43H,4-15,17-18,24-26H2,1-3H3,(H2,36,39)(H,37,40)(H,41,42)/t30-,31+,35+/m1/s1. The Morgan fingerprint density at radius 3 is 2.07 bits per heavy atom.